The predicted molar refractivity (Wildman–Crippen MR) is 53.3 cm³/mol. The number of nitrogens with two attached hydrogens (primary N) is 1. The van der Waals surface area contributed by atoms with Crippen LogP contribution in [0.5, 0.6) is 0 Å². The Balaban J connectivity index is 2.28. The molecule has 5 heteroatoms. The number of hydrogen-bond acceptors (Lipinski definition) is 4. The van der Waals surface area contributed by atoms with Crippen molar-refractivity contribution in [2.45, 2.75) is 31.7 Å². The van der Waals surface area contributed by atoms with Crippen molar-refractivity contribution in [2.75, 3.05) is 0 Å². The number of aryl methyl sites for hydroxylation is 2. The van der Waals surface area contributed by atoms with Gasteiger partial charge in [0.1, 0.15) is 5.01 Å². The molecule has 1 aliphatic rings. The fourth-order valence-corrected chi connectivity index (χ4v) is 2.76. The van der Waals surface area contributed by atoms with Gasteiger partial charge in [-0.3, -0.25) is 4.79 Å². The summed E-state index contributed by atoms with van der Waals surface area (Å²) < 4.78 is 0. The topological polar surface area (TPSA) is 76.2 Å². The summed E-state index contributed by atoms with van der Waals surface area (Å²) in [6, 6.07) is -0.953. The van der Waals surface area contributed by atoms with Gasteiger partial charge in [0.25, 0.3) is 0 Å². The number of aromatic nitrogens is 1. The summed E-state index contributed by atoms with van der Waals surface area (Å²) in [5, 5.41) is 9.28. The minimum absolute atomic E-state index is 0.546. The molecule has 1 aromatic rings. The van der Waals surface area contributed by atoms with Crippen molar-refractivity contribution in [3.05, 3.63) is 15.6 Å². The van der Waals surface area contributed by atoms with Gasteiger partial charge in [-0.15, -0.1) is 11.3 Å². The molecule has 0 aliphatic heterocycles. The molecule has 0 bridgehead atoms. The maximum absolute atomic E-state index is 10.7. The molecule has 1 atom stereocenters. The molecule has 1 heterocycles. The van der Waals surface area contributed by atoms with E-state index in [0.717, 1.165) is 25.0 Å². The molecule has 14 heavy (non-hydrogen) atoms. The Hall–Kier alpha value is -0.940. The predicted octanol–water partition coefficient (Wildman–Crippen LogP) is 1.11. The van der Waals surface area contributed by atoms with Crippen molar-refractivity contribution >= 4 is 17.3 Å². The van der Waals surface area contributed by atoms with Crippen LogP contribution in [-0.2, 0) is 17.6 Å². The Morgan fingerprint density at radius 2 is 2.21 bits per heavy atom. The normalized spacial score (nSPS) is 17.5. The van der Waals surface area contributed by atoms with E-state index in [-0.39, 0.29) is 0 Å². The lowest BCUT2D eigenvalue weighted by Gasteiger charge is -2.06. The van der Waals surface area contributed by atoms with Gasteiger partial charge in [0.2, 0.25) is 0 Å². The molecule has 1 unspecified atom stereocenters. The van der Waals surface area contributed by atoms with Crippen LogP contribution in [0, 0.1) is 0 Å². The third kappa shape index (κ3) is 1.65. The zero-order valence-corrected chi connectivity index (χ0v) is 8.51. The molecule has 2 rings (SSSR count). The first-order valence-corrected chi connectivity index (χ1v) is 5.47. The molecular formula is C9H12N2O2S. The smallest absolute Gasteiger partial charge is 0.327 e. The summed E-state index contributed by atoms with van der Waals surface area (Å²) in [4.78, 5) is 16.2. The van der Waals surface area contributed by atoms with Crippen LogP contribution >= 0.6 is 11.3 Å². The molecule has 0 spiro atoms. The Morgan fingerprint density at radius 1 is 1.50 bits per heavy atom. The van der Waals surface area contributed by atoms with Crippen molar-refractivity contribution in [2.24, 2.45) is 5.73 Å². The van der Waals surface area contributed by atoms with Crippen molar-refractivity contribution in [3.8, 4) is 0 Å². The molecule has 1 aromatic heterocycles. The average Bonchev–Trinajstić information content (AvgIpc) is 2.59. The van der Waals surface area contributed by atoms with Crippen LogP contribution in [0.4, 0.5) is 0 Å². The van der Waals surface area contributed by atoms with E-state index in [2.05, 4.69) is 4.98 Å². The van der Waals surface area contributed by atoms with Gasteiger partial charge in [-0.05, 0) is 25.7 Å². The third-order valence-corrected chi connectivity index (χ3v) is 3.63. The zero-order valence-electron chi connectivity index (χ0n) is 7.69. The summed E-state index contributed by atoms with van der Waals surface area (Å²) >= 11 is 1.45. The standard InChI is InChI=1S/C9H12N2O2S/c10-7(9(12)13)8-11-5-3-1-2-4-6(5)14-8/h7H,1-4,10H2,(H,12,13). The van der Waals surface area contributed by atoms with Gasteiger partial charge in [0.15, 0.2) is 6.04 Å². The monoisotopic (exact) mass is 212 g/mol. The number of carbonyl (C=O) groups is 1. The van der Waals surface area contributed by atoms with Crippen LogP contribution in [0.2, 0.25) is 0 Å². The molecule has 0 saturated heterocycles. The van der Waals surface area contributed by atoms with E-state index < -0.39 is 12.0 Å². The Labute approximate surface area is 85.8 Å². The van der Waals surface area contributed by atoms with Crippen LogP contribution in [0.15, 0.2) is 0 Å². The highest BCUT2D eigenvalue weighted by molar-refractivity contribution is 7.12. The van der Waals surface area contributed by atoms with E-state index in [1.165, 1.54) is 22.6 Å². The molecule has 1 aliphatic carbocycles. The summed E-state index contributed by atoms with van der Waals surface area (Å²) in [5.74, 6) is -1.00. The van der Waals surface area contributed by atoms with Gasteiger partial charge in [0.05, 0.1) is 5.69 Å². The van der Waals surface area contributed by atoms with Gasteiger partial charge < -0.3 is 10.8 Å². The van der Waals surface area contributed by atoms with Crippen LogP contribution in [0.25, 0.3) is 0 Å². The highest BCUT2D eigenvalue weighted by atomic mass is 32.1. The van der Waals surface area contributed by atoms with Gasteiger partial charge in [-0.2, -0.15) is 0 Å². The number of fused-ring (bicyclic) bond motifs is 1. The lowest BCUT2D eigenvalue weighted by atomic mass is 10.0. The van der Waals surface area contributed by atoms with Crippen LogP contribution in [-0.4, -0.2) is 16.1 Å². The maximum atomic E-state index is 10.7. The molecule has 0 aromatic carbocycles. The maximum Gasteiger partial charge on any atom is 0.327 e. The zero-order chi connectivity index (χ0) is 10.1. The molecule has 76 valence electrons. The lowest BCUT2D eigenvalue weighted by Crippen LogP contribution is -2.20. The number of thiazole rings is 1. The SMILES string of the molecule is NC(C(=O)O)c1nc2c(s1)CCCC2. The second kappa shape index (κ2) is 3.67. The van der Waals surface area contributed by atoms with E-state index in [1.807, 2.05) is 0 Å². The van der Waals surface area contributed by atoms with Crippen molar-refractivity contribution in [1.82, 2.24) is 4.98 Å². The summed E-state index contributed by atoms with van der Waals surface area (Å²) in [6.07, 6.45) is 4.33. The molecule has 0 fully saturated rings. The Morgan fingerprint density at radius 3 is 2.86 bits per heavy atom. The first kappa shape index (κ1) is 9.61. The average molecular weight is 212 g/mol. The minimum Gasteiger partial charge on any atom is -0.480 e. The van der Waals surface area contributed by atoms with E-state index >= 15 is 0 Å². The Bertz CT molecular complexity index is 338. The minimum atomic E-state index is -1.00. The highest BCUT2D eigenvalue weighted by Gasteiger charge is 2.22. The van der Waals surface area contributed by atoms with E-state index in [4.69, 9.17) is 10.8 Å². The van der Waals surface area contributed by atoms with E-state index in [0.29, 0.717) is 5.01 Å². The second-order valence-electron chi connectivity index (χ2n) is 3.44. The molecular weight excluding hydrogens is 200 g/mol. The van der Waals surface area contributed by atoms with E-state index in [9.17, 15) is 4.79 Å². The quantitative estimate of drug-likeness (QED) is 0.769. The van der Waals surface area contributed by atoms with Crippen LogP contribution in [0.3, 0.4) is 0 Å². The molecule has 0 saturated carbocycles. The van der Waals surface area contributed by atoms with Gasteiger partial charge in [-0.25, -0.2) is 4.98 Å². The van der Waals surface area contributed by atoms with E-state index in [1.54, 1.807) is 0 Å². The van der Waals surface area contributed by atoms with Crippen molar-refractivity contribution < 1.29 is 9.90 Å². The first-order valence-electron chi connectivity index (χ1n) is 4.65. The summed E-state index contributed by atoms with van der Waals surface area (Å²) in [6.45, 7) is 0. The third-order valence-electron chi connectivity index (χ3n) is 2.39. The number of hydrogen-bond donors (Lipinski definition) is 2. The number of carboxylic acids is 1. The Kier molecular flexibility index (Phi) is 2.52. The molecule has 3 N–H and O–H groups in total. The molecule has 4 nitrogen and oxygen atoms in total. The fraction of sp³-hybridized carbons (Fsp3) is 0.556. The molecule has 0 radical (unpaired) electrons. The van der Waals surface area contributed by atoms with Crippen molar-refractivity contribution in [1.29, 1.82) is 0 Å². The molecule has 0 amide bonds. The van der Waals surface area contributed by atoms with Crippen molar-refractivity contribution in [3.63, 3.8) is 0 Å². The second-order valence-corrected chi connectivity index (χ2v) is 4.56. The first-order chi connectivity index (χ1) is 6.68. The summed E-state index contributed by atoms with van der Waals surface area (Å²) in [7, 11) is 0. The van der Waals surface area contributed by atoms with Gasteiger partial charge in [-0.1, -0.05) is 0 Å². The van der Waals surface area contributed by atoms with Gasteiger partial charge >= 0.3 is 5.97 Å². The van der Waals surface area contributed by atoms with Crippen LogP contribution < -0.4 is 5.73 Å². The number of aliphatic carboxylic acids is 1. The fourth-order valence-electron chi connectivity index (χ4n) is 1.61. The van der Waals surface area contributed by atoms with Gasteiger partial charge in [0, 0.05) is 4.88 Å². The number of nitrogens with zero attached hydrogens (tertiary/aromatic N) is 1. The number of rotatable bonds is 2. The van der Waals surface area contributed by atoms with Crippen LogP contribution in [0.1, 0.15) is 34.5 Å². The largest absolute Gasteiger partial charge is 0.480 e. The summed E-state index contributed by atoms with van der Waals surface area (Å²) in [5.41, 5.74) is 6.56. The highest BCUT2D eigenvalue weighted by Crippen LogP contribution is 2.29. The number of carboxylic acid groups (broad SMARTS) is 1. The lowest BCUT2D eigenvalue weighted by molar-refractivity contribution is -0.138.